The highest BCUT2D eigenvalue weighted by molar-refractivity contribution is 7.90. The fourth-order valence-corrected chi connectivity index (χ4v) is 4.10. The molecule has 126 valence electrons. The van der Waals surface area contributed by atoms with Crippen LogP contribution in [0.15, 0.2) is 23.6 Å². The summed E-state index contributed by atoms with van der Waals surface area (Å²) in [5.74, 6) is 0.443. The maximum atomic E-state index is 11.8. The van der Waals surface area contributed by atoms with Crippen LogP contribution in [0.2, 0.25) is 0 Å². The van der Waals surface area contributed by atoms with Gasteiger partial charge in [0.05, 0.1) is 23.9 Å². The molecule has 0 radical (unpaired) electrons. The van der Waals surface area contributed by atoms with Crippen LogP contribution < -0.4 is 0 Å². The van der Waals surface area contributed by atoms with Gasteiger partial charge < -0.3 is 4.57 Å². The molecule has 3 rings (SSSR count). The molecule has 0 spiro atoms. The number of imidazole rings is 1. The van der Waals surface area contributed by atoms with Crippen LogP contribution in [0.1, 0.15) is 24.2 Å². The monoisotopic (exact) mass is 337 g/mol. The molecule has 2 aromatic rings. The first-order valence-electron chi connectivity index (χ1n) is 7.83. The Kier molecular flexibility index (Phi) is 4.54. The average Bonchev–Trinajstić information content (AvgIpc) is 3.09. The second-order valence-electron chi connectivity index (χ2n) is 6.43. The molecule has 1 saturated heterocycles. The topological polar surface area (TPSA) is 83.9 Å². The fourth-order valence-electron chi connectivity index (χ4n) is 3.28. The molecule has 7 nitrogen and oxygen atoms in total. The molecule has 0 aliphatic carbocycles. The molecule has 8 heteroatoms. The van der Waals surface area contributed by atoms with Gasteiger partial charge in [0.1, 0.15) is 4.90 Å². The van der Waals surface area contributed by atoms with Crippen molar-refractivity contribution in [3.8, 4) is 0 Å². The number of piperidine rings is 1. The average molecular weight is 337 g/mol. The van der Waals surface area contributed by atoms with E-state index < -0.39 is 9.84 Å². The van der Waals surface area contributed by atoms with Gasteiger partial charge in [-0.15, -0.1) is 0 Å². The summed E-state index contributed by atoms with van der Waals surface area (Å²) in [4.78, 5) is 6.91. The Bertz CT molecular complexity index is 764. The van der Waals surface area contributed by atoms with Crippen LogP contribution in [0.5, 0.6) is 0 Å². The van der Waals surface area contributed by atoms with Crippen molar-refractivity contribution >= 4 is 9.84 Å². The molecule has 1 aliphatic heterocycles. The fraction of sp³-hybridized carbons (Fsp3) is 0.600. The summed E-state index contributed by atoms with van der Waals surface area (Å²) < 4.78 is 25.6. The van der Waals surface area contributed by atoms with E-state index in [-0.39, 0.29) is 0 Å². The van der Waals surface area contributed by atoms with Crippen molar-refractivity contribution in [3.63, 3.8) is 0 Å². The number of aromatic nitrogens is 4. The lowest BCUT2D eigenvalue weighted by Gasteiger charge is -2.32. The summed E-state index contributed by atoms with van der Waals surface area (Å²) in [6.07, 6.45) is 9.34. The SMILES string of the molecule is Cn1cncc1CN1CCC[C@H](Cc2[nH]ncc2S(C)(=O)=O)C1. The second-order valence-corrected chi connectivity index (χ2v) is 8.41. The van der Waals surface area contributed by atoms with Crippen molar-refractivity contribution in [1.82, 2.24) is 24.6 Å². The molecule has 0 aromatic carbocycles. The van der Waals surface area contributed by atoms with Gasteiger partial charge in [-0.1, -0.05) is 0 Å². The van der Waals surface area contributed by atoms with Gasteiger partial charge in [-0.2, -0.15) is 5.10 Å². The summed E-state index contributed by atoms with van der Waals surface area (Å²) in [6.45, 7) is 2.92. The zero-order valence-corrected chi connectivity index (χ0v) is 14.4. The number of rotatable bonds is 5. The number of hydrogen-bond acceptors (Lipinski definition) is 5. The zero-order chi connectivity index (χ0) is 16.4. The van der Waals surface area contributed by atoms with Gasteiger partial charge >= 0.3 is 0 Å². The van der Waals surface area contributed by atoms with Crippen LogP contribution in [0.25, 0.3) is 0 Å². The number of sulfone groups is 1. The van der Waals surface area contributed by atoms with Gasteiger partial charge in [0.2, 0.25) is 0 Å². The third-order valence-corrected chi connectivity index (χ3v) is 5.63. The number of nitrogens with zero attached hydrogens (tertiary/aromatic N) is 4. The standard InChI is InChI=1S/C15H23N5O2S/c1-19-11-16-7-13(19)10-20-5-3-4-12(9-20)6-14-15(8-17-18-14)23(2,21)22/h7-8,11-12H,3-6,9-10H2,1-2H3,(H,17,18)/t12-/m1/s1. The number of hydrogen-bond donors (Lipinski definition) is 1. The Hall–Kier alpha value is -1.67. The maximum Gasteiger partial charge on any atom is 0.178 e. The zero-order valence-electron chi connectivity index (χ0n) is 13.6. The number of aromatic amines is 1. The van der Waals surface area contributed by atoms with Crippen molar-refractivity contribution < 1.29 is 8.42 Å². The molecular formula is C15H23N5O2S. The quantitative estimate of drug-likeness (QED) is 0.880. The van der Waals surface area contributed by atoms with E-state index in [1.807, 2.05) is 24.1 Å². The lowest BCUT2D eigenvalue weighted by atomic mass is 9.93. The van der Waals surface area contributed by atoms with E-state index >= 15 is 0 Å². The van der Waals surface area contributed by atoms with Crippen LogP contribution in [0.3, 0.4) is 0 Å². The molecule has 1 atom stereocenters. The van der Waals surface area contributed by atoms with Crippen LogP contribution >= 0.6 is 0 Å². The van der Waals surface area contributed by atoms with Crippen molar-refractivity contribution in [3.05, 3.63) is 30.1 Å². The third-order valence-electron chi connectivity index (χ3n) is 4.48. The Morgan fingerprint density at radius 3 is 2.91 bits per heavy atom. The lowest BCUT2D eigenvalue weighted by Crippen LogP contribution is -2.36. The van der Waals surface area contributed by atoms with Crippen molar-refractivity contribution in [2.24, 2.45) is 13.0 Å². The summed E-state index contributed by atoms with van der Waals surface area (Å²) in [5.41, 5.74) is 1.93. The third kappa shape index (κ3) is 3.81. The summed E-state index contributed by atoms with van der Waals surface area (Å²) >= 11 is 0. The minimum Gasteiger partial charge on any atom is -0.337 e. The lowest BCUT2D eigenvalue weighted by molar-refractivity contribution is 0.163. The molecule has 0 bridgehead atoms. The Labute approximate surface area is 136 Å². The smallest absolute Gasteiger partial charge is 0.178 e. The Morgan fingerprint density at radius 2 is 2.22 bits per heavy atom. The van der Waals surface area contributed by atoms with Crippen molar-refractivity contribution in [2.45, 2.75) is 30.7 Å². The van der Waals surface area contributed by atoms with Gasteiger partial charge in [-0.05, 0) is 31.7 Å². The van der Waals surface area contributed by atoms with Gasteiger partial charge in [0.25, 0.3) is 0 Å². The highest BCUT2D eigenvalue weighted by Gasteiger charge is 2.24. The van der Waals surface area contributed by atoms with Crippen LogP contribution in [-0.4, -0.2) is 52.4 Å². The summed E-state index contributed by atoms with van der Waals surface area (Å²) in [6, 6.07) is 0. The first-order valence-corrected chi connectivity index (χ1v) is 9.72. The molecule has 0 saturated carbocycles. The first-order chi connectivity index (χ1) is 10.9. The van der Waals surface area contributed by atoms with Gasteiger partial charge in [0.15, 0.2) is 9.84 Å². The normalized spacial score (nSPS) is 20.0. The van der Waals surface area contributed by atoms with Gasteiger partial charge in [-0.25, -0.2) is 13.4 Å². The second kappa shape index (κ2) is 6.45. The van der Waals surface area contributed by atoms with E-state index in [1.54, 1.807) is 0 Å². The highest BCUT2D eigenvalue weighted by atomic mass is 32.2. The molecule has 1 fully saturated rings. The van der Waals surface area contributed by atoms with E-state index in [0.717, 1.165) is 44.6 Å². The van der Waals surface area contributed by atoms with Crippen molar-refractivity contribution in [1.29, 1.82) is 0 Å². The predicted molar refractivity (Wildman–Crippen MR) is 86.6 cm³/mol. The summed E-state index contributed by atoms with van der Waals surface area (Å²) in [5, 5.41) is 6.78. The minimum absolute atomic E-state index is 0.334. The number of likely N-dealkylation sites (tertiary alicyclic amines) is 1. The van der Waals surface area contributed by atoms with Crippen LogP contribution in [0, 0.1) is 5.92 Å². The first kappa shape index (κ1) is 16.2. The maximum absolute atomic E-state index is 11.8. The number of aryl methyl sites for hydroxylation is 1. The molecule has 3 heterocycles. The largest absolute Gasteiger partial charge is 0.337 e. The van der Waals surface area contributed by atoms with Gasteiger partial charge in [-0.3, -0.25) is 10.00 Å². The van der Waals surface area contributed by atoms with Gasteiger partial charge in [0, 0.05) is 32.6 Å². The van der Waals surface area contributed by atoms with E-state index in [4.69, 9.17) is 0 Å². The highest BCUT2D eigenvalue weighted by Crippen LogP contribution is 2.24. The van der Waals surface area contributed by atoms with E-state index in [0.29, 0.717) is 10.8 Å². The molecule has 0 amide bonds. The minimum atomic E-state index is -3.22. The molecular weight excluding hydrogens is 314 g/mol. The Morgan fingerprint density at radius 1 is 1.39 bits per heavy atom. The van der Waals surface area contributed by atoms with Crippen LogP contribution in [0.4, 0.5) is 0 Å². The van der Waals surface area contributed by atoms with Crippen molar-refractivity contribution in [2.75, 3.05) is 19.3 Å². The molecule has 2 aromatic heterocycles. The molecule has 0 unspecified atom stereocenters. The summed E-state index contributed by atoms with van der Waals surface area (Å²) in [7, 11) is -1.21. The van der Waals surface area contributed by atoms with E-state index in [9.17, 15) is 8.42 Å². The Balaban J connectivity index is 1.65. The number of H-pyrrole nitrogens is 1. The number of nitrogens with one attached hydrogen (secondary N) is 1. The predicted octanol–water partition coefficient (Wildman–Crippen LogP) is 1.00. The molecule has 23 heavy (non-hydrogen) atoms. The molecule has 1 aliphatic rings. The molecule has 1 N–H and O–H groups in total. The van der Waals surface area contributed by atoms with Crippen LogP contribution in [-0.2, 0) is 29.9 Å². The van der Waals surface area contributed by atoms with E-state index in [2.05, 4.69) is 20.1 Å². The van der Waals surface area contributed by atoms with E-state index in [1.165, 1.54) is 18.1 Å².